The quantitative estimate of drug-likeness (QED) is 0.546. The predicted octanol–water partition coefficient (Wildman–Crippen LogP) is 4.80. The van der Waals surface area contributed by atoms with Crippen LogP contribution in [0.5, 0.6) is 5.75 Å². The van der Waals surface area contributed by atoms with Gasteiger partial charge in [0.1, 0.15) is 17.3 Å². The van der Waals surface area contributed by atoms with Crippen LogP contribution in [-0.4, -0.2) is 27.5 Å². The van der Waals surface area contributed by atoms with E-state index in [-0.39, 0.29) is 0 Å². The molecule has 0 bridgehead atoms. The average molecular weight is 412 g/mol. The second-order valence-corrected chi connectivity index (χ2v) is 8.56. The van der Waals surface area contributed by atoms with Crippen LogP contribution in [-0.2, 0) is 6.42 Å². The number of nitrogens with one attached hydrogen (secondary N) is 1. The van der Waals surface area contributed by atoms with Crippen LogP contribution in [0.15, 0.2) is 24.5 Å². The van der Waals surface area contributed by atoms with Crippen molar-refractivity contribution in [2.45, 2.75) is 45.1 Å². The van der Waals surface area contributed by atoms with E-state index in [1.54, 1.807) is 13.2 Å². The van der Waals surface area contributed by atoms with Gasteiger partial charge in [-0.1, -0.05) is 18.5 Å². The fourth-order valence-corrected chi connectivity index (χ4v) is 4.39. The van der Waals surface area contributed by atoms with E-state index in [0.29, 0.717) is 22.5 Å². The predicted molar refractivity (Wildman–Crippen MR) is 117 cm³/mol. The molecule has 0 aliphatic heterocycles. The molecule has 3 aromatic rings. The third-order valence-electron chi connectivity index (χ3n) is 6.09. The minimum Gasteiger partial charge on any atom is -0.496 e. The Morgan fingerprint density at radius 2 is 2.00 bits per heavy atom. The first-order chi connectivity index (χ1) is 14.1. The van der Waals surface area contributed by atoms with Gasteiger partial charge in [0.05, 0.1) is 23.5 Å². The monoisotopic (exact) mass is 411 g/mol. The molecule has 2 fully saturated rings. The van der Waals surface area contributed by atoms with Crippen LogP contribution < -0.4 is 15.8 Å². The third kappa shape index (κ3) is 3.29. The Labute approximate surface area is 175 Å². The minimum absolute atomic E-state index is 0.479. The molecule has 2 saturated carbocycles. The van der Waals surface area contributed by atoms with E-state index in [1.807, 2.05) is 18.5 Å². The maximum Gasteiger partial charge on any atom is 0.165 e. The number of rotatable bonds is 7. The summed E-state index contributed by atoms with van der Waals surface area (Å²) in [7, 11) is 1.62. The van der Waals surface area contributed by atoms with Gasteiger partial charge in [0.2, 0.25) is 0 Å². The molecule has 6 nitrogen and oxygen atoms in total. The number of anilines is 2. The Morgan fingerprint density at radius 3 is 2.62 bits per heavy atom. The van der Waals surface area contributed by atoms with Crippen molar-refractivity contribution in [3.05, 3.63) is 35.2 Å². The van der Waals surface area contributed by atoms with Gasteiger partial charge in [0.25, 0.3) is 0 Å². The molecule has 5 rings (SSSR count). The van der Waals surface area contributed by atoms with Gasteiger partial charge in [-0.2, -0.15) is 0 Å². The molecule has 0 atom stereocenters. The zero-order valence-electron chi connectivity index (χ0n) is 16.8. The number of imidazole rings is 1. The number of nitrogen functional groups attached to an aromatic ring is 1. The molecule has 0 spiro atoms. The van der Waals surface area contributed by atoms with Gasteiger partial charge >= 0.3 is 0 Å². The summed E-state index contributed by atoms with van der Waals surface area (Å²) < 4.78 is 7.69. The van der Waals surface area contributed by atoms with Gasteiger partial charge < -0.3 is 15.8 Å². The van der Waals surface area contributed by atoms with Crippen molar-refractivity contribution < 1.29 is 4.74 Å². The van der Waals surface area contributed by atoms with Gasteiger partial charge in [-0.15, -0.1) is 0 Å². The summed E-state index contributed by atoms with van der Waals surface area (Å²) in [4.78, 5) is 9.58. The maximum absolute atomic E-state index is 6.31. The lowest BCUT2D eigenvalue weighted by Crippen LogP contribution is -2.25. The number of benzene rings is 1. The minimum atomic E-state index is 0.479. The molecule has 3 N–H and O–H groups in total. The number of nitrogens with zero attached hydrogens (tertiary/aromatic N) is 3. The van der Waals surface area contributed by atoms with Gasteiger partial charge in [0.15, 0.2) is 5.65 Å². The zero-order chi connectivity index (χ0) is 20.1. The summed E-state index contributed by atoms with van der Waals surface area (Å²) in [6.07, 6.45) is 9.98. The van der Waals surface area contributed by atoms with E-state index in [1.165, 1.54) is 25.7 Å². The molecule has 1 aromatic carbocycles. The summed E-state index contributed by atoms with van der Waals surface area (Å²) in [5.41, 5.74) is 9.84. The van der Waals surface area contributed by atoms with Crippen LogP contribution in [0.4, 0.5) is 11.5 Å². The fourth-order valence-electron chi connectivity index (χ4n) is 4.23. The normalized spacial score (nSPS) is 16.6. The van der Waals surface area contributed by atoms with Crippen LogP contribution in [0, 0.1) is 11.8 Å². The molecule has 2 heterocycles. The molecule has 152 valence electrons. The number of fused-ring (bicyclic) bond motifs is 1. The summed E-state index contributed by atoms with van der Waals surface area (Å²) in [5, 5.41) is 4.35. The summed E-state index contributed by atoms with van der Waals surface area (Å²) in [5.74, 6) is 3.33. The summed E-state index contributed by atoms with van der Waals surface area (Å²) in [6.45, 7) is 2.14. The standard InChI is InChI=1S/C22H26ClN5O/c1-3-17-21(27-19(12-4-5-12)13-6-7-13)28-9-8-25-20(22(28)26-17)14-10-15(23)16(24)11-18(14)29-2/h8-13,19,27H,3-7,24H2,1-2H3. The van der Waals surface area contributed by atoms with Gasteiger partial charge in [0, 0.05) is 30.1 Å². The first-order valence-electron chi connectivity index (χ1n) is 10.4. The molecule has 2 aromatic heterocycles. The van der Waals surface area contributed by atoms with E-state index >= 15 is 0 Å². The number of hydrogen-bond donors (Lipinski definition) is 2. The highest BCUT2D eigenvalue weighted by molar-refractivity contribution is 6.33. The number of nitrogens with two attached hydrogens (primary N) is 1. The summed E-state index contributed by atoms with van der Waals surface area (Å²) >= 11 is 6.31. The Hall–Kier alpha value is -2.47. The van der Waals surface area contributed by atoms with Crippen LogP contribution in [0.1, 0.15) is 38.3 Å². The molecule has 29 heavy (non-hydrogen) atoms. The molecule has 0 radical (unpaired) electrons. The highest BCUT2D eigenvalue weighted by Gasteiger charge is 2.42. The summed E-state index contributed by atoms with van der Waals surface area (Å²) in [6, 6.07) is 4.10. The lowest BCUT2D eigenvalue weighted by molar-refractivity contribution is 0.416. The van der Waals surface area contributed by atoms with Crippen LogP contribution in [0.3, 0.4) is 0 Å². The number of aromatic nitrogens is 3. The van der Waals surface area contributed by atoms with E-state index in [9.17, 15) is 0 Å². The Kier molecular flexibility index (Phi) is 4.54. The lowest BCUT2D eigenvalue weighted by Gasteiger charge is -2.19. The molecule has 0 unspecified atom stereocenters. The van der Waals surface area contributed by atoms with E-state index in [0.717, 1.165) is 46.7 Å². The van der Waals surface area contributed by atoms with Gasteiger partial charge in [-0.05, 0) is 50.0 Å². The van der Waals surface area contributed by atoms with Crippen LogP contribution >= 0.6 is 11.6 Å². The topological polar surface area (TPSA) is 77.5 Å². The highest BCUT2D eigenvalue weighted by Crippen LogP contribution is 2.46. The molecule has 0 saturated heterocycles. The first-order valence-corrected chi connectivity index (χ1v) is 10.7. The molecule has 2 aliphatic carbocycles. The average Bonchev–Trinajstić information content (AvgIpc) is 3.65. The van der Waals surface area contributed by atoms with Crippen molar-refractivity contribution in [1.82, 2.24) is 14.4 Å². The van der Waals surface area contributed by atoms with Gasteiger partial charge in [-0.3, -0.25) is 9.38 Å². The first kappa shape index (κ1) is 18.6. The van der Waals surface area contributed by atoms with Crippen LogP contribution in [0.2, 0.25) is 5.02 Å². The third-order valence-corrected chi connectivity index (χ3v) is 6.41. The number of aryl methyl sites for hydroxylation is 1. The smallest absolute Gasteiger partial charge is 0.165 e. The maximum atomic E-state index is 6.31. The van der Waals surface area contributed by atoms with E-state index < -0.39 is 0 Å². The number of methoxy groups -OCH3 is 1. The van der Waals surface area contributed by atoms with E-state index in [4.69, 9.17) is 27.1 Å². The van der Waals surface area contributed by atoms with Crippen molar-refractivity contribution in [1.29, 1.82) is 0 Å². The number of ether oxygens (including phenoxy) is 1. The van der Waals surface area contributed by atoms with Crippen molar-refractivity contribution in [2.75, 3.05) is 18.2 Å². The number of halogens is 1. The largest absolute Gasteiger partial charge is 0.496 e. The molecular formula is C22H26ClN5O. The fraction of sp³-hybridized carbons (Fsp3) is 0.455. The van der Waals surface area contributed by atoms with Crippen molar-refractivity contribution in [2.24, 2.45) is 11.8 Å². The molecular weight excluding hydrogens is 386 g/mol. The highest BCUT2D eigenvalue weighted by atomic mass is 35.5. The van der Waals surface area contributed by atoms with Crippen molar-refractivity contribution in [3.8, 4) is 17.0 Å². The molecule has 0 amide bonds. The van der Waals surface area contributed by atoms with Crippen LogP contribution in [0.25, 0.3) is 16.9 Å². The van der Waals surface area contributed by atoms with E-state index in [2.05, 4.69) is 21.6 Å². The second kappa shape index (κ2) is 7.10. The Balaban J connectivity index is 1.64. The van der Waals surface area contributed by atoms with Crippen molar-refractivity contribution >= 4 is 28.8 Å². The Bertz CT molecular complexity index is 1060. The second-order valence-electron chi connectivity index (χ2n) is 8.15. The number of hydrogen-bond acceptors (Lipinski definition) is 5. The van der Waals surface area contributed by atoms with Gasteiger partial charge in [-0.25, -0.2) is 4.98 Å². The lowest BCUT2D eigenvalue weighted by atomic mass is 10.1. The van der Waals surface area contributed by atoms with Crippen molar-refractivity contribution in [3.63, 3.8) is 0 Å². The zero-order valence-corrected chi connectivity index (χ0v) is 17.5. The molecule has 2 aliphatic rings. The SMILES string of the molecule is CCc1nc2c(-c3cc(Cl)c(N)cc3OC)nccn2c1NC(C1CC1)C1CC1. The molecule has 7 heteroatoms. The Morgan fingerprint density at radius 1 is 1.28 bits per heavy atom.